The van der Waals surface area contributed by atoms with Gasteiger partial charge in [-0.05, 0) is 56.8 Å². The third-order valence-electron chi connectivity index (χ3n) is 4.43. The molecule has 0 bridgehead atoms. The van der Waals surface area contributed by atoms with Gasteiger partial charge in [0.15, 0.2) is 5.11 Å². The van der Waals surface area contributed by atoms with E-state index in [0.29, 0.717) is 32.0 Å². The van der Waals surface area contributed by atoms with Crippen LogP contribution in [0.15, 0.2) is 47.7 Å². The number of allylic oxidation sites excluding steroid dienone is 1. The zero-order chi connectivity index (χ0) is 19.7. The highest BCUT2D eigenvalue weighted by Gasteiger charge is 2.32. The molecule has 0 fully saturated rings. The van der Waals surface area contributed by atoms with E-state index in [0.717, 1.165) is 16.8 Å². The monoisotopic (exact) mass is 419 g/mol. The van der Waals surface area contributed by atoms with Gasteiger partial charge in [-0.1, -0.05) is 47.0 Å². The summed E-state index contributed by atoms with van der Waals surface area (Å²) in [6.07, 6.45) is 0. The topological polar surface area (TPSA) is 53.2 Å². The maximum atomic E-state index is 13.1. The zero-order valence-electron chi connectivity index (χ0n) is 15.1. The smallest absolute Gasteiger partial charge is 0.255 e. The molecule has 7 heteroatoms. The fraction of sp³-hybridized carbons (Fsp3) is 0.200. The normalized spacial score (nSPS) is 16.6. The number of thiocarbonyl (C=S) groups is 1. The highest BCUT2D eigenvalue weighted by Crippen LogP contribution is 2.36. The minimum Gasteiger partial charge on any atom is -0.351 e. The molecule has 27 heavy (non-hydrogen) atoms. The van der Waals surface area contributed by atoms with E-state index in [1.165, 1.54) is 0 Å². The number of hydrogen-bond acceptors (Lipinski definition) is 2. The lowest BCUT2D eigenvalue weighted by Gasteiger charge is -2.31. The summed E-state index contributed by atoms with van der Waals surface area (Å²) in [5.74, 6) is -0.247. The van der Waals surface area contributed by atoms with Gasteiger partial charge in [0.1, 0.15) is 0 Å². The van der Waals surface area contributed by atoms with Crippen LogP contribution >= 0.6 is 35.4 Å². The number of rotatable bonds is 3. The number of benzene rings is 2. The molecule has 0 aromatic heterocycles. The van der Waals surface area contributed by atoms with Gasteiger partial charge in [-0.25, -0.2) is 0 Å². The average Bonchev–Trinajstić information content (AvgIpc) is 2.56. The van der Waals surface area contributed by atoms with E-state index in [1.54, 1.807) is 18.2 Å². The van der Waals surface area contributed by atoms with Crippen molar-refractivity contribution in [3.05, 3.63) is 74.4 Å². The Morgan fingerprint density at radius 2 is 1.78 bits per heavy atom. The lowest BCUT2D eigenvalue weighted by molar-refractivity contribution is -0.113. The minimum absolute atomic E-state index is 0.247. The highest BCUT2D eigenvalue weighted by molar-refractivity contribution is 7.80. The Bertz CT molecular complexity index is 951. The van der Waals surface area contributed by atoms with Gasteiger partial charge in [0.05, 0.1) is 11.6 Å². The van der Waals surface area contributed by atoms with Gasteiger partial charge in [-0.2, -0.15) is 0 Å². The Kier molecular flexibility index (Phi) is 5.75. The molecule has 1 aliphatic rings. The quantitative estimate of drug-likeness (QED) is 0.609. The first-order valence-corrected chi connectivity index (χ1v) is 9.55. The van der Waals surface area contributed by atoms with Crippen molar-refractivity contribution in [3.8, 4) is 0 Å². The van der Waals surface area contributed by atoms with E-state index in [9.17, 15) is 4.79 Å². The summed E-state index contributed by atoms with van der Waals surface area (Å²) in [4.78, 5) is 13.1. The van der Waals surface area contributed by atoms with Crippen molar-refractivity contribution in [1.29, 1.82) is 0 Å². The number of carbonyl (C=O) groups excluding carboxylic acids is 1. The molecule has 1 atom stereocenters. The van der Waals surface area contributed by atoms with E-state index in [-0.39, 0.29) is 5.91 Å². The second-order valence-corrected chi connectivity index (χ2v) is 7.70. The van der Waals surface area contributed by atoms with Crippen LogP contribution < -0.4 is 16.0 Å². The molecule has 3 N–H and O–H groups in total. The molecule has 4 nitrogen and oxygen atoms in total. The van der Waals surface area contributed by atoms with Crippen LogP contribution in [0, 0.1) is 13.8 Å². The predicted molar refractivity (Wildman–Crippen MR) is 115 cm³/mol. The van der Waals surface area contributed by atoms with Crippen LogP contribution in [0.5, 0.6) is 0 Å². The Hall–Kier alpha value is -2.08. The lowest BCUT2D eigenvalue weighted by Crippen LogP contribution is -2.46. The zero-order valence-corrected chi connectivity index (χ0v) is 17.4. The molecule has 1 aliphatic heterocycles. The van der Waals surface area contributed by atoms with Crippen LogP contribution in [0.4, 0.5) is 5.69 Å². The summed E-state index contributed by atoms with van der Waals surface area (Å²) >= 11 is 18.1. The van der Waals surface area contributed by atoms with Gasteiger partial charge < -0.3 is 16.0 Å². The Labute approximate surface area is 173 Å². The molecule has 2 aromatic rings. The second kappa shape index (κ2) is 7.89. The number of aryl methyl sites for hydroxylation is 2. The van der Waals surface area contributed by atoms with Gasteiger partial charge in [0.25, 0.3) is 5.91 Å². The largest absolute Gasteiger partial charge is 0.351 e. The van der Waals surface area contributed by atoms with E-state index >= 15 is 0 Å². The maximum Gasteiger partial charge on any atom is 0.255 e. The van der Waals surface area contributed by atoms with Gasteiger partial charge in [-0.15, -0.1) is 0 Å². The van der Waals surface area contributed by atoms with Crippen LogP contribution in [0.3, 0.4) is 0 Å². The third kappa shape index (κ3) is 4.10. The van der Waals surface area contributed by atoms with Crippen molar-refractivity contribution in [3.63, 3.8) is 0 Å². The molecular weight excluding hydrogens is 401 g/mol. The van der Waals surface area contributed by atoms with Crippen molar-refractivity contribution in [2.24, 2.45) is 0 Å². The van der Waals surface area contributed by atoms with Gasteiger partial charge >= 0.3 is 0 Å². The molecule has 140 valence electrons. The summed E-state index contributed by atoms with van der Waals surface area (Å²) in [5.41, 5.74) is 4.63. The van der Waals surface area contributed by atoms with Crippen molar-refractivity contribution >= 4 is 52.1 Å². The predicted octanol–water partition coefficient (Wildman–Crippen LogP) is 5.04. The Morgan fingerprint density at radius 3 is 2.41 bits per heavy atom. The molecule has 2 aromatic carbocycles. The van der Waals surface area contributed by atoms with Crippen LogP contribution in [-0.2, 0) is 4.79 Å². The SMILES string of the molecule is CC1=C(C(=O)Nc2ccc(C)cc2C)[C@H](c2c(Cl)cccc2Cl)NC(=S)N1. The number of amides is 1. The standard InChI is InChI=1S/C20H19Cl2N3OS/c1-10-7-8-15(11(2)9-10)24-19(26)16-12(3)23-20(27)25-18(16)17-13(21)5-4-6-14(17)22/h4-9,18H,1-3H3,(H,24,26)(H2,23,25,27)/t18-/m1/s1. The molecule has 0 unspecified atom stereocenters. The first-order chi connectivity index (χ1) is 12.8. The summed E-state index contributed by atoms with van der Waals surface area (Å²) in [5, 5.41) is 10.5. The van der Waals surface area contributed by atoms with Crippen molar-refractivity contribution in [2.75, 3.05) is 5.32 Å². The molecule has 0 saturated heterocycles. The molecule has 0 radical (unpaired) electrons. The van der Waals surface area contributed by atoms with Gasteiger partial charge in [-0.3, -0.25) is 4.79 Å². The highest BCUT2D eigenvalue weighted by atomic mass is 35.5. The van der Waals surface area contributed by atoms with Crippen LogP contribution in [0.2, 0.25) is 10.0 Å². The second-order valence-electron chi connectivity index (χ2n) is 6.48. The van der Waals surface area contributed by atoms with Crippen LogP contribution in [-0.4, -0.2) is 11.0 Å². The molecular formula is C20H19Cl2N3OS. The van der Waals surface area contributed by atoms with Crippen LogP contribution in [0.1, 0.15) is 29.7 Å². The Morgan fingerprint density at radius 1 is 1.11 bits per heavy atom. The summed E-state index contributed by atoms with van der Waals surface area (Å²) in [6, 6.07) is 10.6. The molecule has 3 rings (SSSR count). The molecule has 0 saturated carbocycles. The number of carbonyl (C=O) groups is 1. The van der Waals surface area contributed by atoms with Crippen molar-refractivity contribution < 1.29 is 4.79 Å². The van der Waals surface area contributed by atoms with E-state index in [4.69, 9.17) is 35.4 Å². The summed E-state index contributed by atoms with van der Waals surface area (Å²) in [6.45, 7) is 5.77. The maximum absolute atomic E-state index is 13.1. The minimum atomic E-state index is -0.550. The Balaban J connectivity index is 2.02. The molecule has 0 aliphatic carbocycles. The molecule has 1 amide bonds. The van der Waals surface area contributed by atoms with E-state index in [2.05, 4.69) is 16.0 Å². The van der Waals surface area contributed by atoms with E-state index in [1.807, 2.05) is 39.0 Å². The summed E-state index contributed by atoms with van der Waals surface area (Å²) < 4.78 is 0. The number of halogens is 2. The first-order valence-electron chi connectivity index (χ1n) is 8.38. The average molecular weight is 420 g/mol. The third-order valence-corrected chi connectivity index (χ3v) is 5.31. The fourth-order valence-corrected chi connectivity index (χ4v) is 4.03. The first kappa shape index (κ1) is 19.7. The van der Waals surface area contributed by atoms with Gasteiger partial charge in [0, 0.05) is 27.0 Å². The number of nitrogens with one attached hydrogen (secondary N) is 3. The molecule has 1 heterocycles. The lowest BCUT2D eigenvalue weighted by atomic mass is 9.94. The number of hydrogen-bond donors (Lipinski definition) is 3. The van der Waals surface area contributed by atoms with Crippen molar-refractivity contribution in [1.82, 2.24) is 10.6 Å². The van der Waals surface area contributed by atoms with Crippen molar-refractivity contribution in [2.45, 2.75) is 26.8 Å². The fourth-order valence-electron chi connectivity index (χ4n) is 3.14. The molecule has 0 spiro atoms. The van der Waals surface area contributed by atoms with E-state index < -0.39 is 6.04 Å². The summed E-state index contributed by atoms with van der Waals surface area (Å²) in [7, 11) is 0. The van der Waals surface area contributed by atoms with Gasteiger partial charge in [0.2, 0.25) is 0 Å². The number of anilines is 1. The van der Waals surface area contributed by atoms with Crippen LogP contribution in [0.25, 0.3) is 0 Å².